The van der Waals surface area contributed by atoms with E-state index in [9.17, 15) is 14.4 Å². The summed E-state index contributed by atoms with van der Waals surface area (Å²) in [6.07, 6.45) is 3.82. The average Bonchev–Trinajstić information content (AvgIpc) is 3.24. The first kappa shape index (κ1) is 23.0. The monoisotopic (exact) mass is 485 g/mol. The summed E-state index contributed by atoms with van der Waals surface area (Å²) in [5.74, 6) is -0.834. The van der Waals surface area contributed by atoms with Gasteiger partial charge in [0.05, 0.1) is 21.3 Å². The number of amides is 2. The van der Waals surface area contributed by atoms with Gasteiger partial charge in [0.15, 0.2) is 12.4 Å². The van der Waals surface area contributed by atoms with Crippen LogP contribution in [0.1, 0.15) is 32.0 Å². The Hall–Kier alpha value is -3.16. The van der Waals surface area contributed by atoms with Crippen LogP contribution in [0.4, 0.5) is 0 Å². The van der Waals surface area contributed by atoms with Gasteiger partial charge in [-0.05, 0) is 30.5 Å². The van der Waals surface area contributed by atoms with Crippen molar-refractivity contribution >= 4 is 46.3 Å². The molecule has 0 bridgehead atoms. The van der Waals surface area contributed by atoms with Crippen molar-refractivity contribution in [2.75, 3.05) is 6.54 Å². The molecule has 1 aliphatic heterocycles. The summed E-state index contributed by atoms with van der Waals surface area (Å²) in [5, 5.41) is 3.74. The van der Waals surface area contributed by atoms with Crippen LogP contribution in [0.3, 0.4) is 0 Å². The highest BCUT2D eigenvalue weighted by molar-refractivity contribution is 6.44. The van der Waals surface area contributed by atoms with Crippen LogP contribution in [0.15, 0.2) is 53.6 Å². The van der Waals surface area contributed by atoms with E-state index in [2.05, 4.69) is 5.10 Å². The number of halogens is 2. The molecule has 0 fully saturated rings. The largest absolute Gasteiger partial charge is 0.326 e. The Morgan fingerprint density at radius 3 is 2.30 bits per heavy atom. The van der Waals surface area contributed by atoms with Gasteiger partial charge in [0.2, 0.25) is 0 Å². The summed E-state index contributed by atoms with van der Waals surface area (Å²) >= 11 is 12.2. The fourth-order valence-corrected chi connectivity index (χ4v) is 4.20. The zero-order valence-corrected chi connectivity index (χ0v) is 19.9. The second-order valence-corrected chi connectivity index (χ2v) is 8.99. The number of hydrogen-bond acceptors (Lipinski definition) is 3. The summed E-state index contributed by atoms with van der Waals surface area (Å²) in [4.78, 5) is 41.7. The lowest BCUT2D eigenvalue weighted by Gasteiger charge is -2.16. The molecule has 9 heteroatoms. The highest BCUT2D eigenvalue weighted by Crippen LogP contribution is 2.31. The molecule has 0 saturated heterocycles. The Balaban J connectivity index is 1.98. The predicted octanol–water partition coefficient (Wildman–Crippen LogP) is 3.72. The van der Waals surface area contributed by atoms with E-state index in [1.54, 1.807) is 47.3 Å². The highest BCUT2D eigenvalue weighted by Gasteiger charge is 2.47. The fraction of sp³-hybridized carbons (Fsp3) is 0.250. The molecule has 3 aromatic rings. The van der Waals surface area contributed by atoms with E-state index in [-0.39, 0.29) is 29.3 Å². The number of carbonyl (C=O) groups is 2. The third-order valence-corrected chi connectivity index (χ3v) is 6.13. The number of aromatic nitrogens is 3. The van der Waals surface area contributed by atoms with Gasteiger partial charge < -0.3 is 0 Å². The van der Waals surface area contributed by atoms with Crippen LogP contribution in [0.25, 0.3) is 17.0 Å². The van der Waals surface area contributed by atoms with Crippen molar-refractivity contribution in [2.24, 2.45) is 5.92 Å². The first-order chi connectivity index (χ1) is 15.7. The lowest BCUT2D eigenvalue weighted by molar-refractivity contribution is -0.576. The van der Waals surface area contributed by atoms with Gasteiger partial charge in [0.1, 0.15) is 5.57 Å². The van der Waals surface area contributed by atoms with Gasteiger partial charge in [-0.1, -0.05) is 50.0 Å². The summed E-state index contributed by atoms with van der Waals surface area (Å²) < 4.78 is 2.91. The minimum absolute atomic E-state index is 0.0732. The molecule has 0 saturated carbocycles. The molecule has 170 valence electrons. The molecule has 0 aliphatic carbocycles. The Morgan fingerprint density at radius 2 is 1.70 bits per heavy atom. The van der Waals surface area contributed by atoms with E-state index < -0.39 is 17.4 Å². The molecule has 7 nitrogen and oxygen atoms in total. The lowest BCUT2D eigenvalue weighted by Crippen LogP contribution is -2.40. The molecular weight excluding hydrogens is 463 g/mol. The minimum Gasteiger partial charge on any atom is -0.294 e. The van der Waals surface area contributed by atoms with E-state index in [0.717, 1.165) is 0 Å². The molecule has 33 heavy (non-hydrogen) atoms. The van der Waals surface area contributed by atoms with Gasteiger partial charge in [-0.15, -0.1) is 0 Å². The van der Waals surface area contributed by atoms with E-state index >= 15 is 0 Å². The van der Waals surface area contributed by atoms with Crippen LogP contribution >= 0.6 is 23.2 Å². The normalized spacial score (nSPS) is 14.2. The third-order valence-electron chi connectivity index (χ3n) is 5.40. The summed E-state index contributed by atoms with van der Waals surface area (Å²) in [7, 11) is 0. The Morgan fingerprint density at radius 1 is 1.00 bits per heavy atom. The molecule has 3 heterocycles. The van der Waals surface area contributed by atoms with Crippen LogP contribution in [0.2, 0.25) is 10.0 Å². The topological polar surface area (TPSA) is 79.1 Å². The number of H-pyrrole nitrogens is 1. The molecule has 0 unspecified atom stereocenters. The number of aryl methyl sites for hydroxylation is 1. The van der Waals surface area contributed by atoms with Crippen molar-refractivity contribution in [3.8, 4) is 5.69 Å². The standard InChI is InChI=1S/C24H22Cl2N4O3/c1-4-18-19(23(32)30(27-18)15-8-9-16(25)17(26)12-15)20-21(28-10-6-5-7-11-28)24(33)29(22(20)31)13-14(2)3/h5-12,14H,4,13H2,1-3H3/p+1. The number of nitrogens with one attached hydrogen (secondary N) is 1. The van der Waals surface area contributed by atoms with Crippen molar-refractivity contribution in [3.63, 3.8) is 0 Å². The summed E-state index contributed by atoms with van der Waals surface area (Å²) in [5.41, 5.74) is 1.01. The number of imide groups is 1. The van der Waals surface area contributed by atoms with Gasteiger partial charge in [-0.25, -0.2) is 4.68 Å². The van der Waals surface area contributed by atoms with Gasteiger partial charge in [-0.3, -0.25) is 24.4 Å². The molecule has 4 rings (SSSR count). The average molecular weight is 486 g/mol. The Labute approximate surface area is 200 Å². The van der Waals surface area contributed by atoms with Crippen LogP contribution in [-0.4, -0.2) is 33.0 Å². The van der Waals surface area contributed by atoms with Crippen molar-refractivity contribution in [3.05, 3.63) is 80.4 Å². The van der Waals surface area contributed by atoms with E-state index in [4.69, 9.17) is 23.2 Å². The summed E-state index contributed by atoms with van der Waals surface area (Å²) in [6, 6.07) is 10.2. The van der Waals surface area contributed by atoms with E-state index in [1.165, 1.54) is 9.58 Å². The van der Waals surface area contributed by atoms with Crippen molar-refractivity contribution in [1.29, 1.82) is 0 Å². The summed E-state index contributed by atoms with van der Waals surface area (Å²) in [6.45, 7) is 5.99. The zero-order chi connectivity index (χ0) is 23.9. The number of rotatable bonds is 6. The van der Waals surface area contributed by atoms with Crippen LogP contribution < -0.4 is 10.1 Å². The highest BCUT2D eigenvalue weighted by atomic mass is 35.5. The molecule has 1 N–H and O–H groups in total. The number of pyridine rings is 1. The SMILES string of the molecule is CCc1[nH]n(-c2ccc(Cl)c(Cl)c2)c(=O)c1C1=C([n+]2ccccc2)C(=O)N(CC(C)C)C1=O. The van der Waals surface area contributed by atoms with E-state index in [1.807, 2.05) is 26.8 Å². The molecule has 0 spiro atoms. The van der Waals surface area contributed by atoms with Gasteiger partial charge in [0.25, 0.3) is 17.2 Å². The van der Waals surface area contributed by atoms with Crippen LogP contribution in [-0.2, 0) is 16.0 Å². The molecule has 1 aromatic carbocycles. The van der Waals surface area contributed by atoms with Gasteiger partial charge in [-0.2, -0.15) is 4.57 Å². The number of benzene rings is 1. The maximum Gasteiger partial charge on any atom is 0.326 e. The first-order valence-electron chi connectivity index (χ1n) is 10.6. The fourth-order valence-electron chi connectivity index (χ4n) is 3.91. The van der Waals surface area contributed by atoms with Crippen molar-refractivity contribution in [1.82, 2.24) is 14.7 Å². The lowest BCUT2D eigenvalue weighted by atomic mass is 10.0. The number of nitrogens with zero attached hydrogens (tertiary/aromatic N) is 3. The predicted molar refractivity (Wildman–Crippen MR) is 127 cm³/mol. The van der Waals surface area contributed by atoms with Crippen molar-refractivity contribution in [2.45, 2.75) is 27.2 Å². The second kappa shape index (κ2) is 9.00. The van der Waals surface area contributed by atoms with Crippen LogP contribution in [0.5, 0.6) is 0 Å². The minimum atomic E-state index is -0.479. The van der Waals surface area contributed by atoms with E-state index in [0.29, 0.717) is 27.8 Å². The van der Waals surface area contributed by atoms with Gasteiger partial charge >= 0.3 is 5.91 Å². The molecule has 0 radical (unpaired) electrons. The maximum atomic E-state index is 13.6. The number of aromatic amines is 1. The third kappa shape index (κ3) is 4.03. The maximum absolute atomic E-state index is 13.6. The zero-order valence-electron chi connectivity index (χ0n) is 18.4. The molecule has 2 aromatic heterocycles. The molecule has 2 amide bonds. The second-order valence-electron chi connectivity index (χ2n) is 8.18. The molecule has 0 atom stereocenters. The molecular formula is C24H23Cl2N4O3+. The number of carbonyl (C=O) groups excluding carboxylic acids is 2. The Bertz CT molecular complexity index is 1340. The first-order valence-corrected chi connectivity index (χ1v) is 11.4. The smallest absolute Gasteiger partial charge is 0.294 e. The van der Waals surface area contributed by atoms with Crippen LogP contribution in [0, 0.1) is 5.92 Å². The van der Waals surface area contributed by atoms with Gasteiger partial charge in [0, 0.05) is 24.4 Å². The van der Waals surface area contributed by atoms with Crippen molar-refractivity contribution < 1.29 is 14.2 Å². The molecule has 1 aliphatic rings. The number of hydrogen-bond donors (Lipinski definition) is 1. The Kier molecular flexibility index (Phi) is 6.28. The quantitative estimate of drug-likeness (QED) is 0.426.